The molecule has 1 aliphatic rings. The van der Waals surface area contributed by atoms with Gasteiger partial charge >= 0.3 is 0 Å². The zero-order valence-corrected chi connectivity index (χ0v) is 10.1. The topological polar surface area (TPSA) is 32.9 Å². The molecule has 1 heterocycles. The standard InChI is InChI=1S/C14H21NO/c1-2-7-13-12-9-6-4-3-5-8-11(12)10-14(16)15-13/h10H,2-9H2,1H3,(H,15,16). The molecule has 2 nitrogen and oxygen atoms in total. The first-order valence-corrected chi connectivity index (χ1v) is 6.55. The second-order valence-electron chi connectivity index (χ2n) is 4.78. The summed E-state index contributed by atoms with van der Waals surface area (Å²) in [5.41, 5.74) is 4.04. The molecule has 0 atom stereocenters. The predicted molar refractivity (Wildman–Crippen MR) is 66.9 cm³/mol. The number of fused-ring (bicyclic) bond motifs is 1. The van der Waals surface area contributed by atoms with Gasteiger partial charge in [0.25, 0.3) is 0 Å². The van der Waals surface area contributed by atoms with Gasteiger partial charge in [-0.25, -0.2) is 0 Å². The highest BCUT2D eigenvalue weighted by Crippen LogP contribution is 2.21. The van der Waals surface area contributed by atoms with Crippen LogP contribution in [0.2, 0.25) is 0 Å². The van der Waals surface area contributed by atoms with Crippen LogP contribution in [0, 0.1) is 0 Å². The molecule has 0 saturated heterocycles. The van der Waals surface area contributed by atoms with Crippen molar-refractivity contribution in [3.05, 3.63) is 33.2 Å². The molecule has 0 unspecified atom stereocenters. The summed E-state index contributed by atoms with van der Waals surface area (Å²) in [5, 5.41) is 0. The lowest BCUT2D eigenvalue weighted by molar-refractivity contribution is 0.609. The highest BCUT2D eigenvalue weighted by molar-refractivity contribution is 5.31. The van der Waals surface area contributed by atoms with Gasteiger partial charge in [-0.3, -0.25) is 4.79 Å². The van der Waals surface area contributed by atoms with Gasteiger partial charge in [0.1, 0.15) is 0 Å². The number of nitrogens with one attached hydrogen (secondary N) is 1. The molecule has 1 aromatic rings. The van der Waals surface area contributed by atoms with E-state index in [-0.39, 0.29) is 5.56 Å². The van der Waals surface area contributed by atoms with E-state index < -0.39 is 0 Å². The Kier molecular flexibility index (Phi) is 3.81. The largest absolute Gasteiger partial charge is 0.326 e. The normalized spacial score (nSPS) is 16.3. The molecular formula is C14H21NO. The van der Waals surface area contributed by atoms with Gasteiger partial charge in [0.2, 0.25) is 5.56 Å². The fourth-order valence-electron chi connectivity index (χ4n) is 2.67. The van der Waals surface area contributed by atoms with E-state index in [1.807, 2.05) is 6.07 Å². The molecule has 1 aliphatic carbocycles. The molecule has 0 bridgehead atoms. The molecule has 1 N–H and O–H groups in total. The average molecular weight is 219 g/mol. The van der Waals surface area contributed by atoms with Crippen molar-refractivity contribution in [3.8, 4) is 0 Å². The average Bonchev–Trinajstić information content (AvgIpc) is 2.21. The summed E-state index contributed by atoms with van der Waals surface area (Å²) in [4.78, 5) is 14.6. The van der Waals surface area contributed by atoms with E-state index in [1.54, 1.807) is 0 Å². The summed E-state index contributed by atoms with van der Waals surface area (Å²) in [5.74, 6) is 0. The van der Waals surface area contributed by atoms with Gasteiger partial charge in [0, 0.05) is 11.8 Å². The molecule has 0 aliphatic heterocycles. The summed E-state index contributed by atoms with van der Waals surface area (Å²) in [6.45, 7) is 2.17. The van der Waals surface area contributed by atoms with Crippen LogP contribution in [0.15, 0.2) is 10.9 Å². The Balaban J connectivity index is 2.40. The van der Waals surface area contributed by atoms with Gasteiger partial charge in [-0.05, 0) is 43.2 Å². The van der Waals surface area contributed by atoms with E-state index in [1.165, 1.54) is 42.5 Å². The molecule has 0 aromatic carbocycles. The van der Waals surface area contributed by atoms with Gasteiger partial charge in [-0.1, -0.05) is 26.2 Å². The summed E-state index contributed by atoms with van der Waals surface area (Å²) < 4.78 is 0. The Morgan fingerprint density at radius 1 is 1.19 bits per heavy atom. The molecule has 2 rings (SSSR count). The van der Waals surface area contributed by atoms with Crippen LogP contribution in [0.4, 0.5) is 0 Å². The summed E-state index contributed by atoms with van der Waals surface area (Å²) in [6, 6.07) is 1.82. The van der Waals surface area contributed by atoms with E-state index in [0.717, 1.165) is 25.7 Å². The molecular weight excluding hydrogens is 198 g/mol. The number of aryl methyl sites for hydroxylation is 2. The van der Waals surface area contributed by atoms with Crippen LogP contribution in [0.25, 0.3) is 0 Å². The third kappa shape index (κ3) is 2.55. The molecule has 1 aromatic heterocycles. The summed E-state index contributed by atoms with van der Waals surface area (Å²) >= 11 is 0. The van der Waals surface area contributed by atoms with Crippen LogP contribution in [-0.2, 0) is 19.3 Å². The van der Waals surface area contributed by atoms with Crippen molar-refractivity contribution in [2.45, 2.75) is 58.3 Å². The Morgan fingerprint density at radius 3 is 2.69 bits per heavy atom. The number of pyridine rings is 1. The Bertz CT molecular complexity index is 385. The predicted octanol–water partition coefficient (Wildman–Crippen LogP) is 2.99. The minimum atomic E-state index is 0.0859. The van der Waals surface area contributed by atoms with E-state index in [2.05, 4.69) is 11.9 Å². The smallest absolute Gasteiger partial charge is 0.248 e. The van der Waals surface area contributed by atoms with Crippen LogP contribution >= 0.6 is 0 Å². The molecule has 0 amide bonds. The molecule has 88 valence electrons. The van der Waals surface area contributed by atoms with Gasteiger partial charge in [-0.2, -0.15) is 0 Å². The van der Waals surface area contributed by atoms with Gasteiger partial charge in [0.15, 0.2) is 0 Å². The maximum absolute atomic E-state index is 11.6. The first-order chi connectivity index (χ1) is 7.81. The van der Waals surface area contributed by atoms with Crippen LogP contribution in [0.5, 0.6) is 0 Å². The first kappa shape index (κ1) is 11.4. The first-order valence-electron chi connectivity index (χ1n) is 6.55. The lowest BCUT2D eigenvalue weighted by Gasteiger charge is -2.16. The van der Waals surface area contributed by atoms with Crippen molar-refractivity contribution in [3.63, 3.8) is 0 Å². The SMILES string of the molecule is CCCc1[nH]c(=O)cc2c1CCCCCC2. The maximum atomic E-state index is 11.6. The molecule has 2 heteroatoms. The number of H-pyrrole nitrogens is 1. The minimum Gasteiger partial charge on any atom is -0.326 e. The van der Waals surface area contributed by atoms with E-state index in [0.29, 0.717) is 0 Å². The number of rotatable bonds is 2. The molecule has 0 spiro atoms. The van der Waals surface area contributed by atoms with Gasteiger partial charge in [0.05, 0.1) is 0 Å². The number of aromatic nitrogens is 1. The fraction of sp³-hybridized carbons (Fsp3) is 0.643. The lowest BCUT2D eigenvalue weighted by atomic mass is 9.91. The number of hydrogen-bond donors (Lipinski definition) is 1. The second kappa shape index (κ2) is 5.33. The van der Waals surface area contributed by atoms with Crippen molar-refractivity contribution in [1.82, 2.24) is 4.98 Å². The Labute approximate surface area is 97.1 Å². The quantitative estimate of drug-likeness (QED) is 0.815. The van der Waals surface area contributed by atoms with Crippen molar-refractivity contribution in [1.29, 1.82) is 0 Å². The minimum absolute atomic E-state index is 0.0859. The highest BCUT2D eigenvalue weighted by atomic mass is 16.1. The van der Waals surface area contributed by atoms with Gasteiger partial charge < -0.3 is 4.98 Å². The summed E-state index contributed by atoms with van der Waals surface area (Å²) in [6.07, 6.45) is 9.53. The van der Waals surface area contributed by atoms with Crippen molar-refractivity contribution >= 4 is 0 Å². The third-order valence-corrected chi connectivity index (χ3v) is 3.45. The van der Waals surface area contributed by atoms with Gasteiger partial charge in [-0.15, -0.1) is 0 Å². The highest BCUT2D eigenvalue weighted by Gasteiger charge is 2.12. The monoisotopic (exact) mass is 219 g/mol. The zero-order valence-electron chi connectivity index (χ0n) is 10.1. The van der Waals surface area contributed by atoms with Crippen LogP contribution in [-0.4, -0.2) is 4.98 Å². The van der Waals surface area contributed by atoms with E-state index >= 15 is 0 Å². The number of hydrogen-bond acceptors (Lipinski definition) is 1. The Morgan fingerprint density at radius 2 is 1.94 bits per heavy atom. The molecule has 0 fully saturated rings. The van der Waals surface area contributed by atoms with Crippen molar-refractivity contribution in [2.75, 3.05) is 0 Å². The Hall–Kier alpha value is -1.05. The fourth-order valence-corrected chi connectivity index (χ4v) is 2.67. The molecule has 16 heavy (non-hydrogen) atoms. The second-order valence-corrected chi connectivity index (χ2v) is 4.78. The zero-order chi connectivity index (χ0) is 11.4. The number of aromatic amines is 1. The van der Waals surface area contributed by atoms with Crippen LogP contribution in [0.3, 0.4) is 0 Å². The van der Waals surface area contributed by atoms with Crippen molar-refractivity contribution < 1.29 is 0 Å². The molecule has 0 radical (unpaired) electrons. The maximum Gasteiger partial charge on any atom is 0.248 e. The van der Waals surface area contributed by atoms with Crippen LogP contribution in [0.1, 0.15) is 55.8 Å². The molecule has 0 saturated carbocycles. The van der Waals surface area contributed by atoms with E-state index in [9.17, 15) is 4.79 Å². The summed E-state index contributed by atoms with van der Waals surface area (Å²) in [7, 11) is 0. The third-order valence-electron chi connectivity index (χ3n) is 3.45. The van der Waals surface area contributed by atoms with Crippen molar-refractivity contribution in [2.24, 2.45) is 0 Å². The van der Waals surface area contributed by atoms with E-state index in [4.69, 9.17) is 0 Å². The van der Waals surface area contributed by atoms with Crippen LogP contribution < -0.4 is 5.56 Å². The lowest BCUT2D eigenvalue weighted by Crippen LogP contribution is -2.15.